The number of carbonyl (C=O) groups is 1. The zero-order chi connectivity index (χ0) is 20.9. The second-order valence-corrected chi connectivity index (χ2v) is 8.21. The Kier molecular flexibility index (Phi) is 6.67. The lowest BCUT2D eigenvalue weighted by Gasteiger charge is -2.34. The van der Waals surface area contributed by atoms with E-state index in [1.165, 1.54) is 5.56 Å². The summed E-state index contributed by atoms with van der Waals surface area (Å²) in [6.07, 6.45) is 1.99. The van der Waals surface area contributed by atoms with Crippen LogP contribution in [0.3, 0.4) is 0 Å². The zero-order valence-electron chi connectivity index (χ0n) is 17.8. The molecule has 3 unspecified atom stereocenters. The number of rotatable bonds is 7. The molecule has 2 fully saturated rings. The number of piperidine rings is 1. The molecule has 2 aromatic rings. The first-order chi connectivity index (χ1) is 14.7. The van der Waals surface area contributed by atoms with Crippen molar-refractivity contribution in [1.82, 2.24) is 15.8 Å². The van der Waals surface area contributed by atoms with Crippen LogP contribution in [-0.4, -0.2) is 51.1 Å². The van der Waals surface area contributed by atoms with Crippen LogP contribution in [0.4, 0.5) is 0 Å². The third-order valence-corrected chi connectivity index (χ3v) is 6.29. The molecule has 3 atom stereocenters. The van der Waals surface area contributed by atoms with Gasteiger partial charge in [-0.05, 0) is 43.1 Å². The summed E-state index contributed by atoms with van der Waals surface area (Å²) in [5, 5.41) is 0. The van der Waals surface area contributed by atoms with Gasteiger partial charge in [0.25, 0.3) is 0 Å². The van der Waals surface area contributed by atoms with Gasteiger partial charge in [-0.1, -0.05) is 30.3 Å². The maximum absolute atomic E-state index is 13.2. The fraction of sp³-hybridized carbons (Fsp3) is 0.458. The number of nitrogens with one attached hydrogen (secondary N) is 2. The Morgan fingerprint density at radius 2 is 1.90 bits per heavy atom. The predicted octanol–water partition coefficient (Wildman–Crippen LogP) is 3.06. The number of hydrogen-bond donors (Lipinski definition) is 2. The molecule has 2 saturated heterocycles. The molecule has 0 aromatic heterocycles. The first-order valence-electron chi connectivity index (χ1n) is 10.7. The Morgan fingerprint density at radius 1 is 1.10 bits per heavy atom. The van der Waals surface area contributed by atoms with Crippen LogP contribution in [0, 0.1) is 11.8 Å². The number of likely N-dealkylation sites (tertiary alicyclic amines) is 1. The maximum Gasteiger partial charge on any atom is 0.167 e. The normalized spacial score (nSPS) is 24.5. The summed E-state index contributed by atoms with van der Waals surface area (Å²) in [6, 6.07) is 16.3. The van der Waals surface area contributed by atoms with Crippen molar-refractivity contribution >= 4 is 5.78 Å². The third-order valence-electron chi connectivity index (χ3n) is 6.29. The van der Waals surface area contributed by atoms with Crippen molar-refractivity contribution in [3.8, 4) is 11.5 Å². The van der Waals surface area contributed by atoms with Crippen LogP contribution in [0.1, 0.15) is 34.8 Å². The van der Waals surface area contributed by atoms with E-state index in [0.717, 1.165) is 39.0 Å². The summed E-state index contributed by atoms with van der Waals surface area (Å²) in [5.41, 5.74) is 8.76. The largest absolute Gasteiger partial charge is 0.493 e. The van der Waals surface area contributed by atoms with Crippen LogP contribution in [0.15, 0.2) is 48.5 Å². The third kappa shape index (κ3) is 4.51. The lowest BCUT2D eigenvalue weighted by atomic mass is 9.88. The second kappa shape index (κ2) is 9.60. The minimum Gasteiger partial charge on any atom is -0.493 e. The number of ether oxygens (including phenoxy) is 2. The monoisotopic (exact) mass is 409 g/mol. The topological polar surface area (TPSA) is 62.8 Å². The fourth-order valence-electron chi connectivity index (χ4n) is 4.71. The molecule has 2 aliphatic rings. The lowest BCUT2D eigenvalue weighted by Crippen LogP contribution is -2.42. The van der Waals surface area contributed by atoms with Crippen LogP contribution < -0.4 is 20.3 Å². The molecule has 0 aliphatic carbocycles. The van der Waals surface area contributed by atoms with Crippen molar-refractivity contribution in [3.63, 3.8) is 0 Å². The fourth-order valence-corrected chi connectivity index (χ4v) is 4.71. The van der Waals surface area contributed by atoms with Gasteiger partial charge in [0.2, 0.25) is 0 Å². The summed E-state index contributed by atoms with van der Waals surface area (Å²) in [7, 11) is 3.20. The summed E-state index contributed by atoms with van der Waals surface area (Å²) in [5.74, 6) is 1.94. The van der Waals surface area contributed by atoms with E-state index in [2.05, 4.69) is 46.1 Å². The Bertz CT molecular complexity index is 858. The van der Waals surface area contributed by atoms with Crippen LogP contribution >= 0.6 is 0 Å². The molecule has 30 heavy (non-hydrogen) atoms. The number of hydrogen-bond acceptors (Lipinski definition) is 6. The van der Waals surface area contributed by atoms with Gasteiger partial charge in [-0.25, -0.2) is 5.43 Å². The highest BCUT2D eigenvalue weighted by atomic mass is 16.5. The van der Waals surface area contributed by atoms with Crippen LogP contribution in [0.2, 0.25) is 0 Å². The van der Waals surface area contributed by atoms with Gasteiger partial charge < -0.3 is 14.4 Å². The molecule has 6 heteroatoms. The van der Waals surface area contributed by atoms with Crippen LogP contribution in [0.25, 0.3) is 0 Å². The van der Waals surface area contributed by atoms with Crippen molar-refractivity contribution < 1.29 is 14.3 Å². The van der Waals surface area contributed by atoms with E-state index >= 15 is 0 Å². The minimum absolute atomic E-state index is 0.0225. The molecule has 0 saturated carbocycles. The van der Waals surface area contributed by atoms with Crippen molar-refractivity contribution in [1.29, 1.82) is 0 Å². The maximum atomic E-state index is 13.2. The zero-order valence-corrected chi connectivity index (χ0v) is 17.8. The van der Waals surface area contributed by atoms with E-state index < -0.39 is 0 Å². The van der Waals surface area contributed by atoms with Crippen molar-refractivity contribution in [3.05, 3.63) is 59.7 Å². The number of Topliss-reactive ketones (excluding diaryl/α,β-unsaturated/α-hetero) is 1. The van der Waals surface area contributed by atoms with Crippen molar-refractivity contribution in [2.45, 2.75) is 18.9 Å². The quantitative estimate of drug-likeness (QED) is 0.686. The van der Waals surface area contributed by atoms with Crippen LogP contribution in [-0.2, 0) is 0 Å². The van der Waals surface area contributed by atoms with E-state index in [-0.39, 0.29) is 11.7 Å². The molecular formula is C24H31N3O3. The molecule has 160 valence electrons. The molecule has 2 heterocycles. The molecule has 0 amide bonds. The van der Waals surface area contributed by atoms with Crippen molar-refractivity contribution in [2.75, 3.05) is 40.4 Å². The second-order valence-electron chi connectivity index (χ2n) is 8.21. The predicted molar refractivity (Wildman–Crippen MR) is 117 cm³/mol. The lowest BCUT2D eigenvalue weighted by molar-refractivity contribution is 0.0798. The van der Waals surface area contributed by atoms with Gasteiger partial charge >= 0.3 is 0 Å². The molecule has 6 nitrogen and oxygen atoms in total. The number of ketones is 1. The Labute approximate surface area is 178 Å². The summed E-state index contributed by atoms with van der Waals surface area (Å²) in [4.78, 5) is 15.6. The average Bonchev–Trinajstić information content (AvgIpc) is 3.27. The first kappa shape index (κ1) is 20.8. The molecule has 4 rings (SSSR count). The van der Waals surface area contributed by atoms with E-state index in [4.69, 9.17) is 9.47 Å². The van der Waals surface area contributed by atoms with E-state index in [1.807, 2.05) is 12.1 Å². The van der Waals surface area contributed by atoms with Gasteiger partial charge in [-0.15, -0.1) is 0 Å². The summed E-state index contributed by atoms with van der Waals surface area (Å²) >= 11 is 0. The smallest absolute Gasteiger partial charge is 0.167 e. The number of nitrogens with zero attached hydrogens (tertiary/aromatic N) is 1. The van der Waals surface area contributed by atoms with Gasteiger partial charge in [0, 0.05) is 37.0 Å². The molecule has 2 N–H and O–H groups in total. The minimum atomic E-state index is 0.0225. The number of carbonyl (C=O) groups excluding carboxylic acids is 1. The van der Waals surface area contributed by atoms with Gasteiger partial charge in [-0.2, -0.15) is 0 Å². The van der Waals surface area contributed by atoms with Gasteiger partial charge in [0.1, 0.15) is 0 Å². The van der Waals surface area contributed by atoms with Gasteiger partial charge in [-0.3, -0.25) is 10.2 Å². The number of benzene rings is 2. The molecular weight excluding hydrogens is 378 g/mol. The van der Waals surface area contributed by atoms with Gasteiger partial charge in [0.15, 0.2) is 17.3 Å². The van der Waals surface area contributed by atoms with E-state index in [1.54, 1.807) is 20.3 Å². The van der Waals surface area contributed by atoms with Crippen molar-refractivity contribution in [2.24, 2.45) is 11.8 Å². The Morgan fingerprint density at radius 3 is 2.67 bits per heavy atom. The Balaban J connectivity index is 1.41. The molecule has 2 aromatic carbocycles. The molecule has 0 radical (unpaired) electrons. The standard InChI is InChI=1S/C24H31N3O3/c1-29-21-11-10-18(13-22(21)30-2)24(28)19-9-6-12-27(15-19)16-20-14-25-26-23(20)17-7-4-3-5-8-17/h3-5,7-8,10-11,13,19-20,23,25-26H,6,9,12,14-16H2,1-2H3. The SMILES string of the molecule is COc1ccc(C(=O)C2CCCN(CC3CNNC3c3ccccc3)C2)cc1OC. The summed E-state index contributed by atoms with van der Waals surface area (Å²) < 4.78 is 10.7. The highest BCUT2D eigenvalue weighted by Gasteiger charge is 2.33. The Hall–Kier alpha value is -2.41. The van der Waals surface area contributed by atoms with E-state index in [0.29, 0.717) is 29.0 Å². The van der Waals surface area contributed by atoms with Crippen LogP contribution in [0.5, 0.6) is 11.5 Å². The highest BCUT2D eigenvalue weighted by molar-refractivity contribution is 5.98. The highest BCUT2D eigenvalue weighted by Crippen LogP contribution is 2.31. The van der Waals surface area contributed by atoms with Gasteiger partial charge in [0.05, 0.1) is 20.3 Å². The number of hydrazine groups is 1. The average molecular weight is 410 g/mol. The summed E-state index contributed by atoms with van der Waals surface area (Å²) in [6.45, 7) is 3.78. The molecule has 0 spiro atoms. The molecule has 0 bridgehead atoms. The molecule has 2 aliphatic heterocycles. The van der Waals surface area contributed by atoms with E-state index in [9.17, 15) is 4.79 Å². The number of methoxy groups -OCH3 is 2. The first-order valence-corrected chi connectivity index (χ1v) is 10.7.